The first-order valence-corrected chi connectivity index (χ1v) is 11.0. The largest absolute Gasteiger partial charge is 0.492 e. The van der Waals surface area contributed by atoms with Crippen molar-refractivity contribution in [1.82, 2.24) is 4.90 Å². The van der Waals surface area contributed by atoms with Crippen LogP contribution in [0.1, 0.15) is 31.1 Å². The monoisotopic (exact) mass is 461 g/mol. The lowest BCUT2D eigenvalue weighted by Crippen LogP contribution is -2.35. The van der Waals surface area contributed by atoms with Crippen LogP contribution < -0.4 is 14.2 Å². The molecule has 7 nitrogen and oxygen atoms in total. The minimum Gasteiger partial charge on any atom is -0.492 e. The first-order chi connectivity index (χ1) is 16.7. The van der Waals surface area contributed by atoms with E-state index < -0.39 is 0 Å². The van der Waals surface area contributed by atoms with Crippen molar-refractivity contribution in [1.29, 1.82) is 0 Å². The molecule has 3 aromatic carbocycles. The van der Waals surface area contributed by atoms with Gasteiger partial charge in [-0.2, -0.15) is 0 Å². The van der Waals surface area contributed by atoms with Crippen molar-refractivity contribution in [2.75, 3.05) is 39.5 Å². The van der Waals surface area contributed by atoms with E-state index in [-0.39, 0.29) is 0 Å². The standard InChI is InChI=1S/C27H27NO6/c29-19-22-7-1-4-10-25(22)32-16-13-28(14-17-33-26-11-5-2-8-23(26)20-30)15-18-34-27-12-6-3-9-24(27)21-31/h1-12,19-21H,13-18H2. The zero-order valence-corrected chi connectivity index (χ0v) is 18.8. The van der Waals surface area contributed by atoms with Crippen molar-refractivity contribution in [3.8, 4) is 17.2 Å². The Morgan fingerprint density at radius 3 is 1.09 bits per heavy atom. The average Bonchev–Trinajstić information content (AvgIpc) is 2.89. The summed E-state index contributed by atoms with van der Waals surface area (Å²) in [5.74, 6) is 1.60. The van der Waals surface area contributed by atoms with E-state index in [2.05, 4.69) is 4.90 Å². The highest BCUT2D eigenvalue weighted by Crippen LogP contribution is 2.17. The molecule has 0 spiro atoms. The van der Waals surface area contributed by atoms with Gasteiger partial charge in [0.25, 0.3) is 0 Å². The van der Waals surface area contributed by atoms with Crippen LogP contribution in [0.4, 0.5) is 0 Å². The SMILES string of the molecule is O=Cc1ccccc1OCCN(CCOc1ccccc1C=O)CCOc1ccccc1C=O. The van der Waals surface area contributed by atoms with E-state index in [1.165, 1.54) is 0 Å². The van der Waals surface area contributed by atoms with Crippen LogP contribution in [0.2, 0.25) is 0 Å². The highest BCUT2D eigenvalue weighted by atomic mass is 16.5. The second kappa shape index (κ2) is 13.5. The first-order valence-electron chi connectivity index (χ1n) is 11.0. The molecule has 0 fully saturated rings. The van der Waals surface area contributed by atoms with Crippen molar-refractivity contribution in [2.24, 2.45) is 0 Å². The number of para-hydroxylation sites is 3. The zero-order chi connectivity index (χ0) is 24.0. The van der Waals surface area contributed by atoms with E-state index in [4.69, 9.17) is 14.2 Å². The summed E-state index contributed by atoms with van der Waals surface area (Å²) in [6.07, 6.45) is 2.30. The minimum atomic E-state index is 0.362. The zero-order valence-electron chi connectivity index (χ0n) is 18.8. The van der Waals surface area contributed by atoms with Crippen molar-refractivity contribution >= 4 is 18.9 Å². The smallest absolute Gasteiger partial charge is 0.153 e. The van der Waals surface area contributed by atoms with Crippen molar-refractivity contribution in [3.63, 3.8) is 0 Å². The van der Waals surface area contributed by atoms with Gasteiger partial charge in [-0.3, -0.25) is 19.3 Å². The van der Waals surface area contributed by atoms with E-state index >= 15 is 0 Å². The summed E-state index contributed by atoms with van der Waals surface area (Å²) < 4.78 is 17.4. The lowest BCUT2D eigenvalue weighted by atomic mass is 10.2. The third-order valence-electron chi connectivity index (χ3n) is 5.13. The number of rotatable bonds is 15. The average molecular weight is 462 g/mol. The normalized spacial score (nSPS) is 10.5. The predicted octanol–water partition coefficient (Wildman–Crippen LogP) is 3.96. The van der Waals surface area contributed by atoms with Crippen LogP contribution in [0.25, 0.3) is 0 Å². The maximum absolute atomic E-state index is 11.2. The molecule has 3 rings (SSSR count). The third-order valence-corrected chi connectivity index (χ3v) is 5.13. The van der Waals surface area contributed by atoms with E-state index in [0.717, 1.165) is 18.9 Å². The molecule has 0 N–H and O–H groups in total. The van der Waals surface area contributed by atoms with Crippen molar-refractivity contribution < 1.29 is 28.6 Å². The molecule has 0 saturated carbocycles. The summed E-state index contributed by atoms with van der Waals surface area (Å²) in [7, 11) is 0. The van der Waals surface area contributed by atoms with Crippen molar-refractivity contribution in [3.05, 3.63) is 89.5 Å². The van der Waals surface area contributed by atoms with E-state index in [1.54, 1.807) is 54.6 Å². The molecular weight excluding hydrogens is 434 g/mol. The molecule has 0 aliphatic carbocycles. The molecule has 0 aromatic heterocycles. The molecule has 0 unspecified atom stereocenters. The molecule has 0 radical (unpaired) electrons. The molecular formula is C27H27NO6. The molecule has 0 atom stereocenters. The number of carbonyl (C=O) groups is 3. The van der Waals surface area contributed by atoms with Gasteiger partial charge in [0, 0.05) is 19.6 Å². The van der Waals surface area contributed by atoms with Gasteiger partial charge in [-0.15, -0.1) is 0 Å². The Morgan fingerprint density at radius 2 is 0.794 bits per heavy atom. The Kier molecular flexibility index (Phi) is 9.83. The lowest BCUT2D eigenvalue weighted by Gasteiger charge is -2.23. The number of hydrogen-bond donors (Lipinski definition) is 0. The molecule has 0 heterocycles. The number of nitrogens with zero attached hydrogens (tertiary/aromatic N) is 1. The molecule has 7 heteroatoms. The highest BCUT2D eigenvalue weighted by Gasteiger charge is 2.10. The number of ether oxygens (including phenoxy) is 3. The molecule has 3 aromatic rings. The third kappa shape index (κ3) is 7.28. The Balaban J connectivity index is 1.57. The second-order valence-corrected chi connectivity index (χ2v) is 7.35. The highest BCUT2D eigenvalue weighted by molar-refractivity contribution is 5.80. The molecule has 0 amide bonds. The van der Waals surface area contributed by atoms with E-state index in [0.29, 0.717) is 73.4 Å². The summed E-state index contributed by atoms with van der Waals surface area (Å²) in [6, 6.07) is 21.2. The van der Waals surface area contributed by atoms with Gasteiger partial charge in [0.15, 0.2) is 18.9 Å². The number of carbonyl (C=O) groups excluding carboxylic acids is 3. The fourth-order valence-corrected chi connectivity index (χ4v) is 3.32. The fourth-order valence-electron chi connectivity index (χ4n) is 3.32. The number of aldehydes is 3. The Labute approximate surface area is 198 Å². The van der Waals surface area contributed by atoms with Crippen LogP contribution in [0.15, 0.2) is 72.8 Å². The van der Waals surface area contributed by atoms with Gasteiger partial charge in [-0.05, 0) is 36.4 Å². The Hall–Kier alpha value is -3.97. The summed E-state index contributed by atoms with van der Waals surface area (Å²) in [4.78, 5) is 35.7. The fraction of sp³-hybridized carbons (Fsp3) is 0.222. The predicted molar refractivity (Wildman–Crippen MR) is 128 cm³/mol. The van der Waals surface area contributed by atoms with Gasteiger partial charge in [-0.25, -0.2) is 0 Å². The molecule has 0 bridgehead atoms. The maximum Gasteiger partial charge on any atom is 0.153 e. The van der Waals surface area contributed by atoms with Gasteiger partial charge >= 0.3 is 0 Å². The quantitative estimate of drug-likeness (QED) is 0.317. The van der Waals surface area contributed by atoms with Gasteiger partial charge in [0.05, 0.1) is 16.7 Å². The molecule has 176 valence electrons. The molecule has 0 aliphatic heterocycles. The first kappa shape index (κ1) is 24.7. The van der Waals surface area contributed by atoms with Crippen LogP contribution in [-0.4, -0.2) is 63.2 Å². The van der Waals surface area contributed by atoms with Gasteiger partial charge < -0.3 is 14.2 Å². The van der Waals surface area contributed by atoms with Crippen molar-refractivity contribution in [2.45, 2.75) is 0 Å². The topological polar surface area (TPSA) is 82.1 Å². The summed E-state index contributed by atoms with van der Waals surface area (Å²) in [6.45, 7) is 2.77. The lowest BCUT2D eigenvalue weighted by molar-refractivity contribution is 0.111. The second-order valence-electron chi connectivity index (χ2n) is 7.35. The minimum absolute atomic E-state index is 0.362. The Morgan fingerprint density at radius 1 is 0.500 bits per heavy atom. The van der Waals surface area contributed by atoms with E-state index in [9.17, 15) is 14.4 Å². The van der Waals surface area contributed by atoms with Crippen LogP contribution in [-0.2, 0) is 0 Å². The van der Waals surface area contributed by atoms with Gasteiger partial charge in [-0.1, -0.05) is 36.4 Å². The molecule has 0 saturated heterocycles. The Bertz CT molecular complexity index is 947. The summed E-state index contributed by atoms with van der Waals surface area (Å²) in [5, 5.41) is 0. The van der Waals surface area contributed by atoms with Crippen LogP contribution in [0.5, 0.6) is 17.2 Å². The van der Waals surface area contributed by atoms with Crippen LogP contribution >= 0.6 is 0 Å². The number of benzene rings is 3. The molecule has 0 aliphatic rings. The van der Waals surface area contributed by atoms with Gasteiger partial charge in [0.1, 0.15) is 37.1 Å². The maximum atomic E-state index is 11.2. The number of hydrogen-bond acceptors (Lipinski definition) is 7. The van der Waals surface area contributed by atoms with Crippen LogP contribution in [0.3, 0.4) is 0 Å². The van der Waals surface area contributed by atoms with Crippen LogP contribution in [0, 0.1) is 0 Å². The van der Waals surface area contributed by atoms with E-state index in [1.807, 2.05) is 18.2 Å². The molecule has 34 heavy (non-hydrogen) atoms. The van der Waals surface area contributed by atoms with Gasteiger partial charge in [0.2, 0.25) is 0 Å². The summed E-state index contributed by atoms with van der Waals surface area (Å²) in [5.41, 5.74) is 1.49. The summed E-state index contributed by atoms with van der Waals surface area (Å²) >= 11 is 0.